The van der Waals surface area contributed by atoms with Crippen LogP contribution in [0.5, 0.6) is 0 Å². The molecular formula is C14H23FO5S. The molecule has 2 bridgehead atoms. The molecule has 2 fully saturated rings. The zero-order chi connectivity index (χ0) is 15.5. The summed E-state index contributed by atoms with van der Waals surface area (Å²) in [6.45, 7) is 0.000602. The minimum absolute atomic E-state index is 0.000602. The molecule has 122 valence electrons. The lowest BCUT2D eigenvalue weighted by atomic mass is 9.67. The number of carbonyl (C=O) groups excluding carboxylic acids is 1. The maximum absolute atomic E-state index is 12.9. The fourth-order valence-corrected chi connectivity index (χ4v) is 4.15. The number of alkyl halides is 1. The molecule has 0 aromatic rings. The quantitative estimate of drug-likeness (QED) is 0.462. The average molecular weight is 322 g/mol. The van der Waals surface area contributed by atoms with E-state index < -0.39 is 21.6 Å². The normalized spacial score (nSPS) is 30.7. The van der Waals surface area contributed by atoms with E-state index in [4.69, 9.17) is 4.55 Å². The summed E-state index contributed by atoms with van der Waals surface area (Å²) >= 11 is 0. The Balaban J connectivity index is 1.65. The lowest BCUT2D eigenvalue weighted by molar-refractivity contribution is -0.146. The molecule has 2 rings (SSSR count). The minimum atomic E-state index is -5.01. The number of halogens is 1. The van der Waals surface area contributed by atoms with Gasteiger partial charge in [-0.2, -0.15) is 8.42 Å². The van der Waals surface area contributed by atoms with Crippen LogP contribution in [-0.2, 0) is 19.6 Å². The Morgan fingerprint density at radius 3 is 2.43 bits per heavy atom. The SMILES string of the molecule is O=C(OCCCC1CC2CCCC(C1)C2)C(F)S(=O)(=O)O. The predicted molar refractivity (Wildman–Crippen MR) is 74.8 cm³/mol. The van der Waals surface area contributed by atoms with Gasteiger partial charge in [-0.25, -0.2) is 9.18 Å². The Bertz CT molecular complexity index is 452. The Morgan fingerprint density at radius 2 is 1.86 bits per heavy atom. The van der Waals surface area contributed by atoms with Crippen molar-refractivity contribution in [2.45, 2.75) is 56.9 Å². The number of ether oxygens (including phenoxy) is 1. The van der Waals surface area contributed by atoms with E-state index in [0.29, 0.717) is 12.3 Å². The molecule has 0 aromatic heterocycles. The summed E-state index contributed by atoms with van der Waals surface area (Å²) in [5, 5.41) is 0. The van der Waals surface area contributed by atoms with Crippen molar-refractivity contribution in [3.63, 3.8) is 0 Å². The van der Waals surface area contributed by atoms with Gasteiger partial charge in [-0.1, -0.05) is 19.3 Å². The van der Waals surface area contributed by atoms with Crippen LogP contribution in [0, 0.1) is 17.8 Å². The van der Waals surface area contributed by atoms with Crippen molar-refractivity contribution in [3.05, 3.63) is 0 Å². The third-order valence-corrected chi connectivity index (χ3v) is 5.39. The number of hydrogen-bond acceptors (Lipinski definition) is 4. The molecule has 3 unspecified atom stereocenters. The zero-order valence-corrected chi connectivity index (χ0v) is 12.9. The van der Waals surface area contributed by atoms with E-state index in [2.05, 4.69) is 4.74 Å². The molecule has 21 heavy (non-hydrogen) atoms. The van der Waals surface area contributed by atoms with Crippen LogP contribution in [0.4, 0.5) is 4.39 Å². The van der Waals surface area contributed by atoms with Gasteiger partial charge in [0.1, 0.15) is 0 Å². The van der Waals surface area contributed by atoms with Crippen LogP contribution in [-0.4, -0.2) is 31.1 Å². The molecular weight excluding hydrogens is 299 g/mol. The maximum atomic E-state index is 12.9. The first-order valence-electron chi connectivity index (χ1n) is 7.63. The van der Waals surface area contributed by atoms with E-state index in [1.165, 1.54) is 38.5 Å². The fraction of sp³-hybridized carbons (Fsp3) is 0.929. The van der Waals surface area contributed by atoms with Gasteiger partial charge in [0.25, 0.3) is 0 Å². The van der Waals surface area contributed by atoms with Crippen molar-refractivity contribution < 1.29 is 26.9 Å². The van der Waals surface area contributed by atoms with Crippen LogP contribution in [0.1, 0.15) is 51.4 Å². The minimum Gasteiger partial charge on any atom is -0.463 e. The zero-order valence-electron chi connectivity index (χ0n) is 12.0. The van der Waals surface area contributed by atoms with Gasteiger partial charge in [-0.15, -0.1) is 0 Å². The highest BCUT2D eigenvalue weighted by Crippen LogP contribution is 2.43. The summed E-state index contributed by atoms with van der Waals surface area (Å²) in [7, 11) is -5.01. The molecule has 0 spiro atoms. The first-order valence-corrected chi connectivity index (χ1v) is 9.13. The molecule has 2 aliphatic rings. The summed E-state index contributed by atoms with van der Waals surface area (Å²) < 4.78 is 46.8. The van der Waals surface area contributed by atoms with E-state index in [9.17, 15) is 17.6 Å². The third kappa shape index (κ3) is 4.92. The fourth-order valence-electron chi connectivity index (χ4n) is 3.84. The summed E-state index contributed by atoms with van der Waals surface area (Å²) in [5.41, 5.74) is -2.99. The molecule has 0 amide bonds. The smallest absolute Gasteiger partial charge is 0.359 e. The molecule has 2 aliphatic carbocycles. The van der Waals surface area contributed by atoms with Crippen LogP contribution in [0.2, 0.25) is 0 Å². The van der Waals surface area contributed by atoms with E-state index in [1.54, 1.807) is 0 Å². The second kappa shape index (κ2) is 7.05. The molecule has 0 aliphatic heterocycles. The number of rotatable bonds is 6. The number of fused-ring (bicyclic) bond motifs is 2. The van der Waals surface area contributed by atoms with E-state index in [1.807, 2.05) is 0 Å². The number of carbonyl (C=O) groups is 1. The van der Waals surface area contributed by atoms with Crippen LogP contribution < -0.4 is 0 Å². The van der Waals surface area contributed by atoms with Crippen molar-refractivity contribution >= 4 is 16.1 Å². The monoisotopic (exact) mass is 322 g/mol. The number of esters is 1. The summed E-state index contributed by atoms with van der Waals surface area (Å²) in [4.78, 5) is 11.1. The average Bonchev–Trinajstić information content (AvgIpc) is 2.41. The largest absolute Gasteiger partial charge is 0.463 e. The van der Waals surface area contributed by atoms with Crippen LogP contribution in [0.15, 0.2) is 0 Å². The molecule has 2 saturated carbocycles. The van der Waals surface area contributed by atoms with Gasteiger partial charge in [-0.05, 0) is 49.9 Å². The highest BCUT2D eigenvalue weighted by Gasteiger charge is 2.33. The van der Waals surface area contributed by atoms with Gasteiger partial charge >= 0.3 is 21.6 Å². The number of hydrogen-bond donors (Lipinski definition) is 1. The van der Waals surface area contributed by atoms with Crippen molar-refractivity contribution in [2.24, 2.45) is 17.8 Å². The highest BCUT2D eigenvalue weighted by atomic mass is 32.2. The van der Waals surface area contributed by atoms with E-state index in [0.717, 1.165) is 18.3 Å². The van der Waals surface area contributed by atoms with Crippen molar-refractivity contribution in [3.8, 4) is 0 Å². The topological polar surface area (TPSA) is 80.7 Å². The van der Waals surface area contributed by atoms with Gasteiger partial charge in [0.15, 0.2) is 0 Å². The Kier molecular flexibility index (Phi) is 5.60. The lowest BCUT2D eigenvalue weighted by Crippen LogP contribution is -2.28. The lowest BCUT2D eigenvalue weighted by Gasteiger charge is -2.39. The maximum Gasteiger partial charge on any atom is 0.359 e. The molecule has 0 aromatic carbocycles. The Morgan fingerprint density at radius 1 is 1.24 bits per heavy atom. The Hall–Kier alpha value is -0.690. The third-order valence-electron chi connectivity index (χ3n) is 4.67. The molecule has 0 heterocycles. The van der Waals surface area contributed by atoms with Gasteiger partial charge < -0.3 is 4.74 Å². The van der Waals surface area contributed by atoms with Crippen molar-refractivity contribution in [1.29, 1.82) is 0 Å². The van der Waals surface area contributed by atoms with Crippen LogP contribution >= 0.6 is 0 Å². The van der Waals surface area contributed by atoms with Gasteiger partial charge in [0.05, 0.1) is 6.61 Å². The van der Waals surface area contributed by atoms with Gasteiger partial charge in [0, 0.05) is 0 Å². The van der Waals surface area contributed by atoms with E-state index >= 15 is 0 Å². The van der Waals surface area contributed by atoms with Gasteiger partial charge in [0.2, 0.25) is 0 Å². The first kappa shape index (κ1) is 16.7. The van der Waals surface area contributed by atoms with Crippen LogP contribution in [0.3, 0.4) is 0 Å². The second-order valence-electron chi connectivity index (χ2n) is 6.38. The van der Waals surface area contributed by atoms with E-state index in [-0.39, 0.29) is 6.61 Å². The summed E-state index contributed by atoms with van der Waals surface area (Å²) in [6.07, 6.45) is 9.30. The molecule has 3 atom stereocenters. The summed E-state index contributed by atoms with van der Waals surface area (Å²) in [5.74, 6) is 0.771. The first-order chi connectivity index (χ1) is 9.86. The molecule has 5 nitrogen and oxygen atoms in total. The second-order valence-corrected chi connectivity index (χ2v) is 7.82. The summed E-state index contributed by atoms with van der Waals surface area (Å²) in [6, 6.07) is 0. The van der Waals surface area contributed by atoms with Crippen molar-refractivity contribution in [2.75, 3.05) is 6.61 Å². The van der Waals surface area contributed by atoms with Crippen molar-refractivity contribution in [1.82, 2.24) is 0 Å². The van der Waals surface area contributed by atoms with Crippen LogP contribution in [0.25, 0.3) is 0 Å². The standard InChI is InChI=1S/C14H23FO5S/c15-13(21(17,18)19)14(16)20-6-2-5-12-8-10-3-1-4-11(7-10)9-12/h10-13H,1-9H2,(H,17,18,19). The molecule has 7 heteroatoms. The van der Waals surface area contributed by atoms with Gasteiger partial charge in [-0.3, -0.25) is 4.55 Å². The predicted octanol–water partition coefficient (Wildman–Crippen LogP) is 2.71. The Labute approximate surface area is 125 Å². The molecule has 0 saturated heterocycles. The molecule has 1 N–H and O–H groups in total. The molecule has 0 radical (unpaired) electrons. The highest BCUT2D eigenvalue weighted by molar-refractivity contribution is 7.87.